The number of H-pyrrole nitrogens is 1. The van der Waals surface area contributed by atoms with Crippen LogP contribution in [0.5, 0.6) is 0 Å². The van der Waals surface area contributed by atoms with E-state index >= 15 is 0 Å². The number of rotatable bonds is 8. The van der Waals surface area contributed by atoms with Crippen LogP contribution < -0.4 is 10.6 Å². The van der Waals surface area contributed by atoms with Crippen LogP contribution in [0.4, 0.5) is 5.82 Å². The first-order valence-corrected chi connectivity index (χ1v) is 6.99. The molecule has 2 aromatic rings. The SMILES string of the molecule is CCCNc1ccc(C(=O)NCCCc2ncn[nH]2)nn1. The van der Waals surface area contributed by atoms with E-state index in [1.54, 1.807) is 12.1 Å². The topological polar surface area (TPSA) is 108 Å². The quantitative estimate of drug-likeness (QED) is 0.620. The molecule has 0 saturated heterocycles. The molecule has 2 heterocycles. The van der Waals surface area contributed by atoms with Gasteiger partial charge in [0.25, 0.3) is 5.91 Å². The zero-order valence-corrected chi connectivity index (χ0v) is 12.0. The van der Waals surface area contributed by atoms with Crippen molar-refractivity contribution in [1.82, 2.24) is 30.7 Å². The summed E-state index contributed by atoms with van der Waals surface area (Å²) in [6.07, 6.45) is 4.00. The van der Waals surface area contributed by atoms with Crippen LogP contribution in [-0.2, 0) is 6.42 Å². The second-order valence-corrected chi connectivity index (χ2v) is 4.52. The van der Waals surface area contributed by atoms with Gasteiger partial charge in [-0.05, 0) is 25.0 Å². The van der Waals surface area contributed by atoms with Gasteiger partial charge in [-0.1, -0.05) is 6.92 Å². The molecule has 8 heteroatoms. The third-order valence-corrected chi connectivity index (χ3v) is 2.79. The van der Waals surface area contributed by atoms with Crippen molar-refractivity contribution in [2.45, 2.75) is 26.2 Å². The van der Waals surface area contributed by atoms with Gasteiger partial charge in [-0.15, -0.1) is 10.2 Å². The van der Waals surface area contributed by atoms with E-state index in [0.29, 0.717) is 18.1 Å². The second kappa shape index (κ2) is 7.93. The Balaban J connectivity index is 1.72. The minimum Gasteiger partial charge on any atom is -0.369 e. The van der Waals surface area contributed by atoms with E-state index < -0.39 is 0 Å². The van der Waals surface area contributed by atoms with Gasteiger partial charge in [-0.3, -0.25) is 9.89 Å². The van der Waals surface area contributed by atoms with Crippen molar-refractivity contribution in [2.75, 3.05) is 18.4 Å². The summed E-state index contributed by atoms with van der Waals surface area (Å²) in [7, 11) is 0. The minimum absolute atomic E-state index is 0.220. The summed E-state index contributed by atoms with van der Waals surface area (Å²) in [4.78, 5) is 15.9. The summed E-state index contributed by atoms with van der Waals surface area (Å²) in [5, 5.41) is 20.3. The zero-order chi connectivity index (χ0) is 14.9. The molecule has 8 nitrogen and oxygen atoms in total. The van der Waals surface area contributed by atoms with Gasteiger partial charge in [0.1, 0.15) is 18.0 Å². The summed E-state index contributed by atoms with van der Waals surface area (Å²) >= 11 is 0. The molecular weight excluding hydrogens is 270 g/mol. The van der Waals surface area contributed by atoms with Crippen molar-refractivity contribution >= 4 is 11.7 Å². The fourth-order valence-electron chi connectivity index (χ4n) is 1.70. The molecule has 0 aliphatic rings. The number of amides is 1. The monoisotopic (exact) mass is 289 g/mol. The maximum atomic E-state index is 11.9. The number of anilines is 1. The molecule has 2 rings (SSSR count). The largest absolute Gasteiger partial charge is 0.369 e. The van der Waals surface area contributed by atoms with Crippen LogP contribution in [0.15, 0.2) is 18.5 Å². The lowest BCUT2D eigenvalue weighted by Crippen LogP contribution is -2.26. The Kier molecular flexibility index (Phi) is 5.62. The number of nitrogens with one attached hydrogen (secondary N) is 3. The van der Waals surface area contributed by atoms with Crippen LogP contribution in [-0.4, -0.2) is 44.4 Å². The molecule has 0 aliphatic carbocycles. The maximum absolute atomic E-state index is 11.9. The minimum atomic E-state index is -0.220. The molecule has 0 saturated carbocycles. The van der Waals surface area contributed by atoms with Crippen molar-refractivity contribution in [3.8, 4) is 0 Å². The van der Waals surface area contributed by atoms with Crippen molar-refractivity contribution in [3.63, 3.8) is 0 Å². The first-order valence-electron chi connectivity index (χ1n) is 6.99. The third kappa shape index (κ3) is 4.83. The Bertz CT molecular complexity index is 538. The average Bonchev–Trinajstić information content (AvgIpc) is 3.03. The number of aromatic amines is 1. The molecule has 1 amide bonds. The lowest BCUT2D eigenvalue weighted by molar-refractivity contribution is 0.0947. The summed E-state index contributed by atoms with van der Waals surface area (Å²) in [6.45, 7) is 3.46. The summed E-state index contributed by atoms with van der Waals surface area (Å²) in [5.74, 6) is 1.27. The second-order valence-electron chi connectivity index (χ2n) is 4.52. The van der Waals surface area contributed by atoms with Crippen molar-refractivity contribution in [1.29, 1.82) is 0 Å². The highest BCUT2D eigenvalue weighted by Crippen LogP contribution is 2.02. The van der Waals surface area contributed by atoms with Crippen LogP contribution in [0.1, 0.15) is 36.1 Å². The van der Waals surface area contributed by atoms with Crippen molar-refractivity contribution < 1.29 is 4.79 Å². The molecule has 2 aromatic heterocycles. The maximum Gasteiger partial charge on any atom is 0.271 e. The van der Waals surface area contributed by atoms with Crippen LogP contribution in [0.25, 0.3) is 0 Å². The third-order valence-electron chi connectivity index (χ3n) is 2.79. The lowest BCUT2D eigenvalue weighted by atomic mass is 10.3. The highest BCUT2D eigenvalue weighted by atomic mass is 16.1. The van der Waals surface area contributed by atoms with Crippen LogP contribution >= 0.6 is 0 Å². The summed E-state index contributed by atoms with van der Waals surface area (Å²) < 4.78 is 0. The van der Waals surface area contributed by atoms with Gasteiger partial charge in [-0.25, -0.2) is 4.98 Å². The zero-order valence-electron chi connectivity index (χ0n) is 12.0. The highest BCUT2D eigenvalue weighted by molar-refractivity contribution is 5.92. The van der Waals surface area contributed by atoms with E-state index in [1.165, 1.54) is 6.33 Å². The summed E-state index contributed by atoms with van der Waals surface area (Å²) in [6, 6.07) is 3.42. The highest BCUT2D eigenvalue weighted by Gasteiger charge is 2.07. The molecule has 0 bridgehead atoms. The normalized spacial score (nSPS) is 10.3. The predicted octanol–water partition coefficient (Wildman–Crippen LogP) is 0.779. The fourth-order valence-corrected chi connectivity index (χ4v) is 1.70. The standard InChI is InChI=1S/C13H19N7O/c1-2-7-14-12-6-5-10(18-20-12)13(21)15-8-3-4-11-16-9-17-19-11/h5-6,9H,2-4,7-8H2,1H3,(H,14,20)(H,15,21)(H,16,17,19). The van der Waals surface area contributed by atoms with Gasteiger partial charge in [0, 0.05) is 19.5 Å². The van der Waals surface area contributed by atoms with E-state index in [2.05, 4.69) is 42.9 Å². The van der Waals surface area contributed by atoms with E-state index in [-0.39, 0.29) is 5.91 Å². The molecule has 0 aromatic carbocycles. The molecule has 0 radical (unpaired) electrons. The number of hydrogen-bond donors (Lipinski definition) is 3. The molecule has 3 N–H and O–H groups in total. The van der Waals surface area contributed by atoms with Gasteiger partial charge in [0.2, 0.25) is 0 Å². The van der Waals surface area contributed by atoms with Gasteiger partial charge in [0.15, 0.2) is 5.69 Å². The van der Waals surface area contributed by atoms with Gasteiger partial charge >= 0.3 is 0 Å². The van der Waals surface area contributed by atoms with Gasteiger partial charge in [0.05, 0.1) is 0 Å². The first kappa shape index (κ1) is 14.9. The number of aryl methyl sites for hydroxylation is 1. The van der Waals surface area contributed by atoms with E-state index in [1.807, 2.05) is 0 Å². The molecule has 21 heavy (non-hydrogen) atoms. The molecule has 112 valence electrons. The molecule has 0 fully saturated rings. The van der Waals surface area contributed by atoms with Gasteiger partial charge in [-0.2, -0.15) is 5.10 Å². The number of aromatic nitrogens is 5. The molecule has 0 spiro atoms. The Hall–Kier alpha value is -2.51. The van der Waals surface area contributed by atoms with Crippen LogP contribution in [0.3, 0.4) is 0 Å². The Morgan fingerprint density at radius 1 is 1.29 bits per heavy atom. The Morgan fingerprint density at radius 3 is 2.86 bits per heavy atom. The average molecular weight is 289 g/mol. The Labute approximate surface area is 122 Å². The Morgan fingerprint density at radius 2 is 2.19 bits per heavy atom. The number of nitrogens with zero attached hydrogens (tertiary/aromatic N) is 4. The lowest BCUT2D eigenvalue weighted by Gasteiger charge is -2.05. The predicted molar refractivity (Wildman–Crippen MR) is 77.8 cm³/mol. The number of carbonyl (C=O) groups excluding carboxylic acids is 1. The van der Waals surface area contributed by atoms with E-state index in [9.17, 15) is 4.79 Å². The molecule has 0 aliphatic heterocycles. The number of carbonyl (C=O) groups is 1. The molecule has 0 unspecified atom stereocenters. The van der Waals surface area contributed by atoms with Gasteiger partial charge < -0.3 is 10.6 Å². The summed E-state index contributed by atoms with van der Waals surface area (Å²) in [5.41, 5.74) is 0.316. The van der Waals surface area contributed by atoms with E-state index in [4.69, 9.17) is 0 Å². The van der Waals surface area contributed by atoms with Crippen molar-refractivity contribution in [2.24, 2.45) is 0 Å². The van der Waals surface area contributed by atoms with Crippen LogP contribution in [0, 0.1) is 0 Å². The van der Waals surface area contributed by atoms with Crippen LogP contribution in [0.2, 0.25) is 0 Å². The molecular formula is C13H19N7O. The van der Waals surface area contributed by atoms with Crippen molar-refractivity contribution in [3.05, 3.63) is 30.0 Å². The smallest absolute Gasteiger partial charge is 0.271 e. The molecule has 0 atom stereocenters. The fraction of sp³-hybridized carbons (Fsp3) is 0.462. The van der Waals surface area contributed by atoms with E-state index in [0.717, 1.165) is 31.6 Å². The first-order chi connectivity index (χ1) is 10.3. The number of hydrogen-bond acceptors (Lipinski definition) is 6.